The molecule has 2 aromatic carbocycles. The Morgan fingerprint density at radius 3 is 2.53 bits per heavy atom. The van der Waals surface area contributed by atoms with Gasteiger partial charge >= 0.3 is 0 Å². The highest BCUT2D eigenvalue weighted by Crippen LogP contribution is 2.29. The first-order valence-electron chi connectivity index (χ1n) is 8.75. The summed E-state index contributed by atoms with van der Waals surface area (Å²) in [5, 5.41) is 22.5. The minimum absolute atomic E-state index is 0.00697. The van der Waals surface area contributed by atoms with Crippen molar-refractivity contribution in [2.24, 2.45) is 0 Å². The summed E-state index contributed by atoms with van der Waals surface area (Å²) in [6.45, 7) is 0. The Morgan fingerprint density at radius 1 is 1.13 bits per heavy atom. The maximum absolute atomic E-state index is 12.1. The first-order valence-corrected chi connectivity index (χ1v) is 9.57. The van der Waals surface area contributed by atoms with Crippen LogP contribution >= 0.6 is 11.3 Å². The van der Waals surface area contributed by atoms with Crippen molar-refractivity contribution in [3.8, 4) is 11.5 Å². The lowest BCUT2D eigenvalue weighted by atomic mass is 10.1. The number of hydrogen-bond acceptors (Lipinski definition) is 8. The van der Waals surface area contributed by atoms with Crippen LogP contribution in [0, 0.1) is 10.1 Å². The molecule has 1 amide bonds. The lowest BCUT2D eigenvalue weighted by Crippen LogP contribution is -2.07. The fraction of sp³-hybridized carbons (Fsp3) is 0.150. The number of nitro groups is 1. The van der Waals surface area contributed by atoms with Gasteiger partial charge in [0.2, 0.25) is 11.0 Å². The maximum Gasteiger partial charge on any atom is 0.269 e. The van der Waals surface area contributed by atoms with Crippen molar-refractivity contribution in [2.45, 2.75) is 6.42 Å². The number of anilines is 1. The number of nitro benzene ring substituents is 1. The fourth-order valence-electron chi connectivity index (χ4n) is 2.57. The number of benzene rings is 2. The van der Waals surface area contributed by atoms with Crippen molar-refractivity contribution in [3.63, 3.8) is 0 Å². The third-order valence-electron chi connectivity index (χ3n) is 4.03. The van der Waals surface area contributed by atoms with Gasteiger partial charge in [0.05, 0.1) is 19.1 Å². The highest BCUT2D eigenvalue weighted by Gasteiger charge is 2.10. The van der Waals surface area contributed by atoms with E-state index in [9.17, 15) is 14.9 Å². The Labute approximate surface area is 176 Å². The number of aromatic nitrogens is 2. The number of hydrogen-bond donors (Lipinski definition) is 1. The number of nitrogens with one attached hydrogen (secondary N) is 1. The Hall–Kier alpha value is -3.79. The van der Waals surface area contributed by atoms with Crippen LogP contribution in [-0.2, 0) is 11.2 Å². The number of ether oxygens (including phenoxy) is 2. The molecule has 3 aromatic rings. The number of rotatable bonds is 8. The molecule has 1 N–H and O–H groups in total. The molecule has 3 rings (SSSR count). The first-order chi connectivity index (χ1) is 14.5. The fourth-order valence-corrected chi connectivity index (χ4v) is 3.34. The molecule has 10 heteroatoms. The summed E-state index contributed by atoms with van der Waals surface area (Å²) in [5.74, 6) is 0.901. The van der Waals surface area contributed by atoms with Gasteiger partial charge in [0.25, 0.3) is 5.69 Å². The third kappa shape index (κ3) is 5.39. The second-order valence-corrected chi connectivity index (χ2v) is 7.10. The van der Waals surface area contributed by atoms with Gasteiger partial charge in [-0.25, -0.2) is 0 Å². The van der Waals surface area contributed by atoms with E-state index in [1.165, 1.54) is 29.5 Å². The molecule has 0 unspecified atom stereocenters. The summed E-state index contributed by atoms with van der Waals surface area (Å²) in [4.78, 5) is 22.3. The van der Waals surface area contributed by atoms with Crippen LogP contribution in [0.1, 0.15) is 16.1 Å². The molecule has 0 radical (unpaired) electrons. The van der Waals surface area contributed by atoms with Crippen molar-refractivity contribution >= 4 is 34.1 Å². The van der Waals surface area contributed by atoms with E-state index in [-0.39, 0.29) is 11.6 Å². The quantitative estimate of drug-likeness (QED) is 0.331. The van der Waals surface area contributed by atoms with E-state index in [2.05, 4.69) is 15.5 Å². The smallest absolute Gasteiger partial charge is 0.269 e. The molecule has 154 valence electrons. The minimum Gasteiger partial charge on any atom is -0.493 e. The van der Waals surface area contributed by atoms with Crippen molar-refractivity contribution < 1.29 is 19.2 Å². The zero-order valence-electron chi connectivity index (χ0n) is 16.2. The summed E-state index contributed by atoms with van der Waals surface area (Å²) >= 11 is 1.27. The first kappa shape index (κ1) is 20.9. The number of non-ortho nitro benzene ring substituents is 1. The number of nitrogens with zero attached hydrogens (tertiary/aromatic N) is 3. The molecule has 0 atom stereocenters. The van der Waals surface area contributed by atoms with Crippen molar-refractivity contribution in [1.82, 2.24) is 10.2 Å². The topological polar surface area (TPSA) is 116 Å². The molecule has 1 heterocycles. The number of carbonyl (C=O) groups is 1. The molecule has 0 fully saturated rings. The van der Waals surface area contributed by atoms with E-state index >= 15 is 0 Å². The molecule has 0 saturated carbocycles. The van der Waals surface area contributed by atoms with Gasteiger partial charge in [0, 0.05) is 24.6 Å². The van der Waals surface area contributed by atoms with E-state index in [1.807, 2.05) is 18.2 Å². The monoisotopic (exact) mass is 426 g/mol. The lowest BCUT2D eigenvalue weighted by molar-refractivity contribution is -0.384. The number of carbonyl (C=O) groups excluding carboxylic acids is 1. The second-order valence-electron chi connectivity index (χ2n) is 6.04. The second kappa shape index (κ2) is 9.61. The summed E-state index contributed by atoms with van der Waals surface area (Å²) < 4.78 is 10.5. The molecule has 0 spiro atoms. The molecular weight excluding hydrogens is 408 g/mol. The Morgan fingerprint density at radius 2 is 1.87 bits per heavy atom. The van der Waals surface area contributed by atoms with Crippen molar-refractivity contribution in [1.29, 1.82) is 0 Å². The van der Waals surface area contributed by atoms with Gasteiger partial charge in [-0.15, -0.1) is 10.2 Å². The van der Waals surface area contributed by atoms with Crippen LogP contribution in [0.25, 0.3) is 6.08 Å². The van der Waals surface area contributed by atoms with E-state index in [4.69, 9.17) is 9.47 Å². The van der Waals surface area contributed by atoms with Gasteiger partial charge in [-0.1, -0.05) is 17.4 Å². The Kier molecular flexibility index (Phi) is 6.71. The van der Waals surface area contributed by atoms with Crippen LogP contribution in [0.5, 0.6) is 11.5 Å². The number of methoxy groups -OCH3 is 2. The Balaban J connectivity index is 1.59. The van der Waals surface area contributed by atoms with E-state index in [0.29, 0.717) is 28.6 Å². The van der Waals surface area contributed by atoms with Crippen LogP contribution in [0.15, 0.2) is 48.5 Å². The normalized spacial score (nSPS) is 10.7. The predicted octanol–water partition coefficient (Wildman–Crippen LogP) is 3.71. The summed E-state index contributed by atoms with van der Waals surface area (Å²) in [7, 11) is 3.15. The number of amides is 1. The van der Waals surface area contributed by atoms with Crippen LogP contribution in [0.2, 0.25) is 0 Å². The van der Waals surface area contributed by atoms with Gasteiger partial charge in [-0.05, 0) is 41.5 Å². The predicted molar refractivity (Wildman–Crippen MR) is 113 cm³/mol. The van der Waals surface area contributed by atoms with Gasteiger partial charge in [-0.2, -0.15) is 0 Å². The van der Waals surface area contributed by atoms with Crippen molar-refractivity contribution in [3.05, 3.63) is 74.8 Å². The van der Waals surface area contributed by atoms with Gasteiger partial charge in [0.15, 0.2) is 11.5 Å². The van der Waals surface area contributed by atoms with Crippen LogP contribution in [0.3, 0.4) is 0 Å². The molecule has 0 aliphatic rings. The molecular formula is C20H18N4O5S. The molecule has 0 aliphatic carbocycles. The SMILES string of the molecule is COc1ccc(Cc2nnc(NC(=O)C=Cc3ccc([N+](=O)[O-])cc3)s2)cc1OC. The van der Waals surface area contributed by atoms with E-state index in [1.54, 1.807) is 32.4 Å². The molecule has 0 bridgehead atoms. The van der Waals surface area contributed by atoms with Gasteiger partial charge in [-0.3, -0.25) is 20.2 Å². The largest absolute Gasteiger partial charge is 0.493 e. The zero-order valence-corrected chi connectivity index (χ0v) is 17.0. The average Bonchev–Trinajstić information content (AvgIpc) is 3.18. The molecule has 9 nitrogen and oxygen atoms in total. The zero-order chi connectivity index (χ0) is 21.5. The maximum atomic E-state index is 12.1. The average molecular weight is 426 g/mol. The Bertz CT molecular complexity index is 1080. The minimum atomic E-state index is -0.477. The lowest BCUT2D eigenvalue weighted by Gasteiger charge is -2.08. The van der Waals surface area contributed by atoms with E-state index < -0.39 is 4.92 Å². The molecule has 1 aromatic heterocycles. The standard InChI is InChI=1S/C20H18N4O5S/c1-28-16-9-5-14(11-17(16)29-2)12-19-22-23-20(30-19)21-18(25)10-6-13-3-7-15(8-4-13)24(26)27/h3-11H,12H2,1-2H3,(H,21,23,25). The molecule has 0 saturated heterocycles. The third-order valence-corrected chi connectivity index (χ3v) is 4.87. The van der Waals surface area contributed by atoms with Crippen LogP contribution < -0.4 is 14.8 Å². The summed E-state index contributed by atoms with van der Waals surface area (Å²) in [6, 6.07) is 11.5. The van der Waals surface area contributed by atoms with Gasteiger partial charge < -0.3 is 9.47 Å². The van der Waals surface area contributed by atoms with Gasteiger partial charge in [0.1, 0.15) is 5.01 Å². The molecule has 30 heavy (non-hydrogen) atoms. The highest BCUT2D eigenvalue weighted by atomic mass is 32.1. The van der Waals surface area contributed by atoms with Crippen molar-refractivity contribution in [2.75, 3.05) is 19.5 Å². The highest BCUT2D eigenvalue weighted by molar-refractivity contribution is 7.15. The van der Waals surface area contributed by atoms with Crippen LogP contribution in [-0.4, -0.2) is 35.2 Å². The summed E-state index contributed by atoms with van der Waals surface area (Å²) in [6.07, 6.45) is 3.42. The van der Waals surface area contributed by atoms with Crippen LogP contribution in [0.4, 0.5) is 10.8 Å². The molecule has 0 aliphatic heterocycles. The summed E-state index contributed by atoms with van der Waals surface area (Å²) in [5.41, 5.74) is 1.63. The van der Waals surface area contributed by atoms with E-state index in [0.717, 1.165) is 10.6 Å².